The molecule has 0 unspecified atom stereocenters. The number of hydrogen-bond donors (Lipinski definition) is 1. The van der Waals surface area contributed by atoms with Gasteiger partial charge in [-0.1, -0.05) is 35.9 Å². The lowest BCUT2D eigenvalue weighted by atomic mass is 10.1. The molecule has 1 N–H and O–H groups in total. The molecule has 1 fully saturated rings. The highest BCUT2D eigenvalue weighted by molar-refractivity contribution is 8.18. The molecule has 1 aliphatic heterocycles. The highest BCUT2D eigenvalue weighted by Crippen LogP contribution is 2.34. The lowest BCUT2D eigenvalue weighted by Gasteiger charge is -2.07. The van der Waals surface area contributed by atoms with Gasteiger partial charge in [-0.25, -0.2) is 4.99 Å². The number of carbonyl (C=O) groups is 2. The number of aryl methyl sites for hydroxylation is 1. The van der Waals surface area contributed by atoms with Gasteiger partial charge in [-0.2, -0.15) is 0 Å². The molecule has 0 bridgehead atoms. The summed E-state index contributed by atoms with van der Waals surface area (Å²) in [6.07, 6.45) is 5.37. The zero-order valence-electron chi connectivity index (χ0n) is 19.4. The standard InChI is InChI=1S/C27H24N4O3S/c1-18-9-11-20(12-10-18)29-27-30(2)26(33)24(35-27)14-19-16-31(23-8-4-3-7-22(19)23)17-25(32)28-15-21-6-5-13-34-21/h3-14,16H,15,17H2,1-2H3,(H,28,32)/b24-14-,29-27?. The van der Waals surface area contributed by atoms with Gasteiger partial charge in [-0.05, 0) is 55.1 Å². The van der Waals surface area contributed by atoms with Crippen LogP contribution in [-0.2, 0) is 22.7 Å². The number of hydrogen-bond acceptors (Lipinski definition) is 5. The Morgan fingerprint density at radius 2 is 1.91 bits per heavy atom. The summed E-state index contributed by atoms with van der Waals surface area (Å²) in [4.78, 5) is 32.3. The summed E-state index contributed by atoms with van der Waals surface area (Å²) >= 11 is 1.35. The second-order valence-electron chi connectivity index (χ2n) is 8.29. The molecule has 2 aromatic carbocycles. The average molecular weight is 485 g/mol. The molecule has 35 heavy (non-hydrogen) atoms. The average Bonchev–Trinajstić information content (AvgIpc) is 3.56. The third-order valence-corrected chi connectivity index (χ3v) is 6.78. The fourth-order valence-corrected chi connectivity index (χ4v) is 4.83. The summed E-state index contributed by atoms with van der Waals surface area (Å²) in [6, 6.07) is 19.3. The smallest absolute Gasteiger partial charge is 0.266 e. The first kappa shape index (κ1) is 22.7. The van der Waals surface area contributed by atoms with Crippen LogP contribution in [0.2, 0.25) is 0 Å². The van der Waals surface area contributed by atoms with Crippen molar-refractivity contribution in [2.75, 3.05) is 7.05 Å². The first-order chi connectivity index (χ1) is 17.0. The minimum Gasteiger partial charge on any atom is -0.467 e. The fraction of sp³-hybridized carbons (Fsp3) is 0.148. The maximum absolute atomic E-state index is 13.0. The highest BCUT2D eigenvalue weighted by atomic mass is 32.2. The van der Waals surface area contributed by atoms with Crippen LogP contribution in [0.15, 0.2) is 87.4 Å². The van der Waals surface area contributed by atoms with E-state index in [0.29, 0.717) is 22.4 Å². The molecule has 4 aromatic rings. The van der Waals surface area contributed by atoms with Crippen molar-refractivity contribution in [3.8, 4) is 0 Å². The monoisotopic (exact) mass is 484 g/mol. The van der Waals surface area contributed by atoms with Gasteiger partial charge in [0.1, 0.15) is 12.3 Å². The van der Waals surface area contributed by atoms with Crippen LogP contribution in [-0.4, -0.2) is 33.5 Å². The summed E-state index contributed by atoms with van der Waals surface area (Å²) in [5, 5.41) is 4.48. The normalized spacial score (nSPS) is 16.1. The van der Waals surface area contributed by atoms with E-state index in [9.17, 15) is 9.59 Å². The van der Waals surface area contributed by atoms with Crippen LogP contribution < -0.4 is 5.32 Å². The van der Waals surface area contributed by atoms with Crippen molar-refractivity contribution in [1.29, 1.82) is 0 Å². The topological polar surface area (TPSA) is 79.8 Å². The van der Waals surface area contributed by atoms with Crippen LogP contribution in [0.5, 0.6) is 0 Å². The number of amides is 2. The van der Waals surface area contributed by atoms with E-state index < -0.39 is 0 Å². The fourth-order valence-electron chi connectivity index (χ4n) is 3.85. The van der Waals surface area contributed by atoms with Crippen LogP contribution in [0.4, 0.5) is 5.69 Å². The molecule has 2 aromatic heterocycles. The molecular formula is C27H24N4O3S. The molecule has 0 aliphatic carbocycles. The number of rotatable bonds is 6. The third kappa shape index (κ3) is 4.93. The Labute approximate surface area is 207 Å². The number of aromatic nitrogens is 1. The largest absolute Gasteiger partial charge is 0.467 e. The Morgan fingerprint density at radius 1 is 1.11 bits per heavy atom. The van der Waals surface area contributed by atoms with E-state index >= 15 is 0 Å². The number of furan rings is 1. The van der Waals surface area contributed by atoms with Gasteiger partial charge in [0.15, 0.2) is 5.17 Å². The van der Waals surface area contributed by atoms with Crippen LogP contribution in [0, 0.1) is 6.92 Å². The van der Waals surface area contributed by atoms with Crippen molar-refractivity contribution in [3.05, 3.63) is 94.9 Å². The summed E-state index contributed by atoms with van der Waals surface area (Å²) in [7, 11) is 1.73. The van der Waals surface area contributed by atoms with Gasteiger partial charge in [0.2, 0.25) is 5.91 Å². The number of likely N-dealkylation sites (N-methyl/N-ethyl adjacent to an activating group) is 1. The summed E-state index contributed by atoms with van der Waals surface area (Å²) in [5.41, 5.74) is 3.75. The second kappa shape index (κ2) is 9.68. The van der Waals surface area contributed by atoms with Gasteiger partial charge in [-0.15, -0.1) is 0 Å². The predicted octanol–water partition coefficient (Wildman–Crippen LogP) is 5.09. The first-order valence-corrected chi connectivity index (χ1v) is 12.0. The van der Waals surface area contributed by atoms with Crippen LogP contribution >= 0.6 is 11.8 Å². The molecule has 2 amide bonds. The molecule has 5 rings (SSSR count). The maximum atomic E-state index is 13.0. The molecule has 0 spiro atoms. The predicted molar refractivity (Wildman–Crippen MR) is 139 cm³/mol. The summed E-state index contributed by atoms with van der Waals surface area (Å²) < 4.78 is 7.17. The molecule has 1 aliphatic rings. The van der Waals surface area contributed by atoms with E-state index in [1.807, 2.05) is 78.4 Å². The molecule has 0 atom stereocenters. The van der Waals surface area contributed by atoms with Crippen molar-refractivity contribution in [2.45, 2.75) is 20.0 Å². The highest BCUT2D eigenvalue weighted by Gasteiger charge is 2.30. The number of fused-ring (bicyclic) bond motifs is 1. The van der Waals surface area contributed by atoms with Crippen LogP contribution in [0.3, 0.4) is 0 Å². The molecule has 8 heteroatoms. The van der Waals surface area contributed by atoms with E-state index in [1.54, 1.807) is 24.3 Å². The van der Waals surface area contributed by atoms with E-state index in [2.05, 4.69) is 10.3 Å². The van der Waals surface area contributed by atoms with Crippen molar-refractivity contribution in [1.82, 2.24) is 14.8 Å². The van der Waals surface area contributed by atoms with Crippen molar-refractivity contribution < 1.29 is 14.0 Å². The molecular weight excluding hydrogens is 460 g/mol. The molecule has 0 radical (unpaired) electrons. The maximum Gasteiger partial charge on any atom is 0.266 e. The Morgan fingerprint density at radius 3 is 2.69 bits per heavy atom. The number of amidine groups is 1. The van der Waals surface area contributed by atoms with Gasteiger partial charge in [0.05, 0.1) is 23.4 Å². The third-order valence-electron chi connectivity index (χ3n) is 5.72. The van der Waals surface area contributed by atoms with E-state index in [-0.39, 0.29) is 18.4 Å². The number of nitrogens with zero attached hydrogens (tertiary/aromatic N) is 3. The number of thioether (sulfide) groups is 1. The summed E-state index contributed by atoms with van der Waals surface area (Å²) in [6.45, 7) is 2.52. The SMILES string of the molecule is Cc1ccc(N=C2S/C(=C\c3cn(CC(=O)NCc4ccco4)c4ccccc34)C(=O)N2C)cc1. The second-order valence-corrected chi connectivity index (χ2v) is 9.30. The minimum absolute atomic E-state index is 0.103. The lowest BCUT2D eigenvalue weighted by Crippen LogP contribution is -2.26. The molecule has 176 valence electrons. The lowest BCUT2D eigenvalue weighted by molar-refractivity contribution is -0.122. The number of para-hydroxylation sites is 1. The van der Waals surface area contributed by atoms with E-state index in [4.69, 9.17) is 4.42 Å². The Hall–Kier alpha value is -4.04. The number of aliphatic imine (C=N–C) groups is 1. The van der Waals surface area contributed by atoms with E-state index in [0.717, 1.165) is 27.7 Å². The van der Waals surface area contributed by atoms with Crippen molar-refractivity contribution in [3.63, 3.8) is 0 Å². The number of benzene rings is 2. The minimum atomic E-state index is -0.125. The first-order valence-electron chi connectivity index (χ1n) is 11.2. The zero-order valence-corrected chi connectivity index (χ0v) is 20.2. The van der Waals surface area contributed by atoms with Gasteiger partial charge >= 0.3 is 0 Å². The Balaban J connectivity index is 1.39. The molecule has 0 saturated carbocycles. The summed E-state index contributed by atoms with van der Waals surface area (Å²) in [5.74, 6) is 0.471. The number of nitrogens with one attached hydrogen (secondary N) is 1. The Kier molecular flexibility index (Phi) is 6.29. The quantitative estimate of drug-likeness (QED) is 0.387. The van der Waals surface area contributed by atoms with Crippen LogP contribution in [0.25, 0.3) is 17.0 Å². The Bertz CT molecular complexity index is 1450. The zero-order chi connectivity index (χ0) is 24.4. The van der Waals surface area contributed by atoms with Crippen LogP contribution in [0.1, 0.15) is 16.9 Å². The van der Waals surface area contributed by atoms with Crippen molar-refractivity contribution >= 4 is 51.4 Å². The van der Waals surface area contributed by atoms with Gasteiger partial charge in [0, 0.05) is 29.7 Å². The van der Waals surface area contributed by atoms with E-state index in [1.165, 1.54) is 11.8 Å². The van der Waals surface area contributed by atoms with Gasteiger partial charge in [0.25, 0.3) is 5.91 Å². The molecule has 3 heterocycles. The van der Waals surface area contributed by atoms with Gasteiger partial charge in [-0.3, -0.25) is 14.5 Å². The molecule has 7 nitrogen and oxygen atoms in total. The van der Waals surface area contributed by atoms with Crippen molar-refractivity contribution in [2.24, 2.45) is 4.99 Å². The van der Waals surface area contributed by atoms with Gasteiger partial charge < -0.3 is 14.3 Å². The molecule has 1 saturated heterocycles. The number of carbonyl (C=O) groups excluding carboxylic acids is 2.